The Balaban J connectivity index is 2.13. The molecule has 1 aromatic carbocycles. The summed E-state index contributed by atoms with van der Waals surface area (Å²) in [6, 6.07) is 2.26. The number of amides is 1. The van der Waals surface area contributed by atoms with Crippen LogP contribution in [0.25, 0.3) is 0 Å². The van der Waals surface area contributed by atoms with E-state index in [0.717, 1.165) is 6.26 Å². The van der Waals surface area contributed by atoms with E-state index in [1.54, 1.807) is 6.92 Å². The molecule has 1 aliphatic rings. The minimum Gasteiger partial charge on any atom is -0.350 e. The quantitative estimate of drug-likeness (QED) is 0.779. The lowest BCUT2D eigenvalue weighted by atomic mass is 10.1. The predicted octanol–water partition coefficient (Wildman–Crippen LogP) is 0.964. The molecule has 0 spiro atoms. The van der Waals surface area contributed by atoms with Crippen LogP contribution in [0.1, 0.15) is 15.9 Å². The lowest BCUT2D eigenvalue weighted by Crippen LogP contribution is -2.57. The van der Waals surface area contributed by atoms with E-state index in [-0.39, 0.29) is 23.5 Å². The highest BCUT2D eigenvalue weighted by Gasteiger charge is 2.43. The highest BCUT2D eigenvalue weighted by Crippen LogP contribution is 2.25. The summed E-state index contributed by atoms with van der Waals surface area (Å²) in [7, 11) is -3.54. The molecule has 2 N–H and O–H groups in total. The molecule has 1 aliphatic heterocycles. The Morgan fingerprint density at radius 3 is 2.46 bits per heavy atom. The van der Waals surface area contributed by atoms with Gasteiger partial charge in [-0.15, -0.1) is 0 Å². The van der Waals surface area contributed by atoms with Crippen LogP contribution in [0.3, 0.4) is 0 Å². The second kappa shape index (κ2) is 7.93. The van der Waals surface area contributed by atoms with Gasteiger partial charge in [0.1, 0.15) is 6.04 Å². The topological polar surface area (TPSA) is 78.5 Å². The van der Waals surface area contributed by atoms with Gasteiger partial charge in [-0.05, 0) is 24.6 Å². The van der Waals surface area contributed by atoms with Crippen LogP contribution in [-0.2, 0) is 9.84 Å². The van der Waals surface area contributed by atoms with Crippen LogP contribution in [-0.4, -0.2) is 70.4 Å². The van der Waals surface area contributed by atoms with E-state index < -0.39 is 34.5 Å². The average Bonchev–Trinajstić information content (AvgIpc) is 2.54. The lowest BCUT2D eigenvalue weighted by Gasteiger charge is -2.35. The van der Waals surface area contributed by atoms with E-state index in [1.807, 2.05) is 0 Å². The van der Waals surface area contributed by atoms with Crippen molar-refractivity contribution in [3.8, 4) is 0 Å². The molecule has 1 saturated heterocycles. The third kappa shape index (κ3) is 5.18. The lowest BCUT2D eigenvalue weighted by molar-refractivity contribution is -0.183. The van der Waals surface area contributed by atoms with Gasteiger partial charge in [0.05, 0.1) is 4.90 Å². The average molecular weight is 393 g/mol. The number of nitrogens with zero attached hydrogens (tertiary/aromatic N) is 1. The number of aryl methyl sites for hydroxylation is 1. The molecule has 26 heavy (non-hydrogen) atoms. The summed E-state index contributed by atoms with van der Waals surface area (Å²) in [5, 5.41) is 5.27. The molecule has 0 aliphatic carbocycles. The number of rotatable bonds is 5. The first-order valence-electron chi connectivity index (χ1n) is 8.10. The van der Waals surface area contributed by atoms with Gasteiger partial charge in [0.25, 0.3) is 5.91 Å². The molecule has 0 saturated carbocycles. The summed E-state index contributed by atoms with van der Waals surface area (Å²) < 4.78 is 63.5. The monoisotopic (exact) mass is 393 g/mol. The highest BCUT2D eigenvalue weighted by molar-refractivity contribution is 7.90. The van der Waals surface area contributed by atoms with Crippen molar-refractivity contribution in [2.45, 2.75) is 24.0 Å². The van der Waals surface area contributed by atoms with Crippen LogP contribution < -0.4 is 10.6 Å². The van der Waals surface area contributed by atoms with Crippen molar-refractivity contribution in [2.24, 2.45) is 0 Å². The number of benzene rings is 1. The zero-order valence-electron chi connectivity index (χ0n) is 14.6. The van der Waals surface area contributed by atoms with Crippen molar-refractivity contribution in [2.75, 3.05) is 39.0 Å². The first-order valence-corrected chi connectivity index (χ1v) is 9.99. The van der Waals surface area contributed by atoms with Crippen LogP contribution in [0.15, 0.2) is 23.1 Å². The van der Waals surface area contributed by atoms with Crippen molar-refractivity contribution >= 4 is 15.7 Å². The number of carbonyl (C=O) groups excluding carboxylic acids is 1. The Morgan fingerprint density at radius 1 is 1.31 bits per heavy atom. The van der Waals surface area contributed by atoms with E-state index in [9.17, 15) is 26.4 Å². The van der Waals surface area contributed by atoms with Gasteiger partial charge in [0.15, 0.2) is 9.84 Å². The van der Waals surface area contributed by atoms with Crippen LogP contribution >= 0.6 is 0 Å². The van der Waals surface area contributed by atoms with Crippen molar-refractivity contribution < 1.29 is 26.4 Å². The number of halogens is 3. The van der Waals surface area contributed by atoms with Gasteiger partial charge in [-0.2, -0.15) is 13.2 Å². The van der Waals surface area contributed by atoms with Crippen molar-refractivity contribution in [1.29, 1.82) is 0 Å². The number of hydrogen-bond acceptors (Lipinski definition) is 5. The summed E-state index contributed by atoms with van der Waals surface area (Å²) in [5.41, 5.74) is 0.482. The molecule has 0 aromatic heterocycles. The van der Waals surface area contributed by atoms with Crippen LogP contribution in [0, 0.1) is 6.92 Å². The van der Waals surface area contributed by atoms with Gasteiger partial charge >= 0.3 is 6.18 Å². The van der Waals surface area contributed by atoms with Gasteiger partial charge in [-0.25, -0.2) is 8.42 Å². The van der Waals surface area contributed by atoms with Crippen LogP contribution in [0.5, 0.6) is 0 Å². The van der Waals surface area contributed by atoms with E-state index >= 15 is 0 Å². The molecular weight excluding hydrogens is 371 g/mol. The molecule has 0 bridgehead atoms. The molecule has 2 rings (SSSR count). The molecule has 0 radical (unpaired) electrons. The summed E-state index contributed by atoms with van der Waals surface area (Å²) in [4.78, 5) is 13.5. The zero-order chi connectivity index (χ0) is 19.5. The first-order chi connectivity index (χ1) is 12.0. The normalized spacial score (nSPS) is 17.7. The van der Waals surface area contributed by atoms with E-state index in [2.05, 4.69) is 10.6 Å². The van der Waals surface area contributed by atoms with Crippen molar-refractivity contribution in [1.82, 2.24) is 15.5 Å². The number of hydrogen-bond donors (Lipinski definition) is 2. The molecular formula is C16H22F3N3O3S. The van der Waals surface area contributed by atoms with Gasteiger partial charge in [-0.1, -0.05) is 6.07 Å². The number of alkyl halides is 3. The number of nitrogens with one attached hydrogen (secondary N) is 2. The molecule has 146 valence electrons. The minimum atomic E-state index is -4.48. The zero-order valence-corrected chi connectivity index (χ0v) is 15.4. The van der Waals surface area contributed by atoms with Gasteiger partial charge in [0, 0.05) is 44.5 Å². The molecule has 1 amide bonds. The maximum atomic E-state index is 13.3. The Labute approximate surface area is 150 Å². The first kappa shape index (κ1) is 20.7. The molecule has 10 heteroatoms. The molecule has 1 aromatic rings. The number of sulfone groups is 1. The predicted molar refractivity (Wildman–Crippen MR) is 90.9 cm³/mol. The molecule has 6 nitrogen and oxygen atoms in total. The van der Waals surface area contributed by atoms with Gasteiger partial charge in [-0.3, -0.25) is 9.69 Å². The van der Waals surface area contributed by atoms with E-state index in [0.29, 0.717) is 18.7 Å². The maximum Gasteiger partial charge on any atom is 0.405 e. The summed E-state index contributed by atoms with van der Waals surface area (Å²) >= 11 is 0. The third-order valence-corrected chi connectivity index (χ3v) is 5.51. The summed E-state index contributed by atoms with van der Waals surface area (Å²) in [6.45, 7) is 2.38. The standard InChI is InChI=1S/C16H22F3N3O3S/c1-11-3-4-12(9-13(11)26(2,24)25)15(23)21-10-14(16(17,18)19)22-7-5-20-6-8-22/h3-4,9,14,20H,5-8,10H2,1-2H3,(H,21,23). The summed E-state index contributed by atoms with van der Waals surface area (Å²) in [6.07, 6.45) is -3.46. The smallest absolute Gasteiger partial charge is 0.350 e. The number of carbonyl (C=O) groups is 1. The van der Waals surface area contributed by atoms with Crippen LogP contribution in [0.2, 0.25) is 0 Å². The van der Waals surface area contributed by atoms with Gasteiger partial charge in [0.2, 0.25) is 0 Å². The molecule has 1 atom stereocenters. The SMILES string of the molecule is Cc1ccc(C(=O)NCC(N2CCNCC2)C(F)(F)F)cc1S(C)(=O)=O. The fourth-order valence-electron chi connectivity index (χ4n) is 2.88. The molecule has 1 heterocycles. The van der Waals surface area contributed by atoms with E-state index in [4.69, 9.17) is 0 Å². The fourth-order valence-corrected chi connectivity index (χ4v) is 3.87. The Hall–Kier alpha value is -1.65. The van der Waals surface area contributed by atoms with E-state index in [1.165, 1.54) is 23.1 Å². The second-order valence-electron chi connectivity index (χ2n) is 6.31. The Bertz CT molecular complexity index is 760. The van der Waals surface area contributed by atoms with Crippen LogP contribution in [0.4, 0.5) is 13.2 Å². The largest absolute Gasteiger partial charge is 0.405 e. The van der Waals surface area contributed by atoms with Crippen molar-refractivity contribution in [3.05, 3.63) is 29.3 Å². The highest BCUT2D eigenvalue weighted by atomic mass is 32.2. The molecule has 1 unspecified atom stereocenters. The maximum absolute atomic E-state index is 13.3. The Kier molecular flexibility index (Phi) is 6.30. The van der Waals surface area contributed by atoms with Gasteiger partial charge < -0.3 is 10.6 Å². The second-order valence-corrected chi connectivity index (χ2v) is 8.29. The number of piperazine rings is 1. The fraction of sp³-hybridized carbons (Fsp3) is 0.562. The van der Waals surface area contributed by atoms with Crippen molar-refractivity contribution in [3.63, 3.8) is 0 Å². The minimum absolute atomic E-state index is 0.0114. The molecule has 1 fully saturated rings. The third-order valence-electron chi connectivity index (χ3n) is 4.28. The summed E-state index contributed by atoms with van der Waals surface area (Å²) in [5.74, 6) is -0.737. The Morgan fingerprint density at radius 2 is 1.92 bits per heavy atom.